The molecule has 20 heavy (non-hydrogen) atoms. The van der Waals surface area contributed by atoms with Gasteiger partial charge in [-0.25, -0.2) is 8.42 Å². The Morgan fingerprint density at radius 2 is 1.85 bits per heavy atom. The molecule has 1 aliphatic heterocycles. The van der Waals surface area contributed by atoms with E-state index < -0.39 is 15.9 Å². The van der Waals surface area contributed by atoms with E-state index in [2.05, 4.69) is 5.32 Å². The Morgan fingerprint density at radius 1 is 1.10 bits per heavy atom. The minimum atomic E-state index is -3.15. The summed E-state index contributed by atoms with van der Waals surface area (Å²) in [6, 6.07) is 12.7. The second kappa shape index (κ2) is 4.76. The van der Waals surface area contributed by atoms with E-state index in [1.807, 2.05) is 30.3 Å². The number of amides is 1. The number of fused-ring (bicyclic) bond motifs is 1. The van der Waals surface area contributed by atoms with Crippen molar-refractivity contribution in [3.8, 4) is 0 Å². The van der Waals surface area contributed by atoms with Crippen LogP contribution in [0.3, 0.4) is 0 Å². The first kappa shape index (κ1) is 12.9. The molecule has 3 rings (SSSR count). The van der Waals surface area contributed by atoms with Gasteiger partial charge in [-0.05, 0) is 29.0 Å². The Labute approximate surface area is 117 Å². The van der Waals surface area contributed by atoms with E-state index in [0.29, 0.717) is 5.56 Å². The van der Waals surface area contributed by atoms with Gasteiger partial charge in [0.25, 0.3) is 5.91 Å². The molecule has 0 radical (unpaired) electrons. The van der Waals surface area contributed by atoms with Crippen molar-refractivity contribution in [1.29, 1.82) is 0 Å². The summed E-state index contributed by atoms with van der Waals surface area (Å²) in [6.45, 7) is 0. The minimum Gasteiger partial charge on any atom is -0.345 e. The van der Waals surface area contributed by atoms with Crippen molar-refractivity contribution in [2.24, 2.45) is 0 Å². The quantitative estimate of drug-likeness (QED) is 0.917. The Balaban J connectivity index is 1.81. The fourth-order valence-corrected chi connectivity index (χ4v) is 3.48. The third-order valence-corrected chi connectivity index (χ3v) is 4.65. The molecule has 5 heteroatoms. The lowest BCUT2D eigenvalue weighted by Crippen LogP contribution is -2.35. The van der Waals surface area contributed by atoms with Crippen LogP contribution in [0.15, 0.2) is 53.9 Å². The first-order valence-corrected chi connectivity index (χ1v) is 7.96. The Kier molecular flexibility index (Phi) is 3.06. The standard InChI is InChI=1S/C15H13NO3S/c17-15(16-14-7-8-20(18,19)10-14)13-6-5-11-3-1-2-4-12(11)9-13/h1-9,14H,10H2,(H,16,17). The van der Waals surface area contributed by atoms with Gasteiger partial charge in [-0.1, -0.05) is 30.3 Å². The molecule has 0 spiro atoms. The molecule has 102 valence electrons. The molecule has 1 amide bonds. The summed E-state index contributed by atoms with van der Waals surface area (Å²) in [7, 11) is -3.15. The zero-order chi connectivity index (χ0) is 14.2. The summed E-state index contributed by atoms with van der Waals surface area (Å²) in [5.41, 5.74) is 0.529. The monoisotopic (exact) mass is 287 g/mol. The lowest BCUT2D eigenvalue weighted by Gasteiger charge is -2.10. The van der Waals surface area contributed by atoms with E-state index in [9.17, 15) is 13.2 Å². The molecule has 1 unspecified atom stereocenters. The molecular formula is C15H13NO3S. The Bertz CT molecular complexity index is 809. The summed E-state index contributed by atoms with van der Waals surface area (Å²) < 4.78 is 22.6. The fourth-order valence-electron chi connectivity index (χ4n) is 2.25. The SMILES string of the molecule is O=C(NC1C=CS(=O)(=O)C1)c1ccc2ccccc2c1. The summed E-state index contributed by atoms with van der Waals surface area (Å²) in [6.07, 6.45) is 1.51. The predicted octanol–water partition coefficient (Wildman–Crippen LogP) is 1.88. The molecule has 0 saturated carbocycles. The molecule has 0 aromatic heterocycles. The molecule has 4 nitrogen and oxygen atoms in total. The molecule has 2 aromatic carbocycles. The summed E-state index contributed by atoms with van der Waals surface area (Å²) >= 11 is 0. The van der Waals surface area contributed by atoms with Crippen LogP contribution in [0.5, 0.6) is 0 Å². The smallest absolute Gasteiger partial charge is 0.251 e. The van der Waals surface area contributed by atoms with Crippen LogP contribution in [0, 0.1) is 0 Å². The fraction of sp³-hybridized carbons (Fsp3) is 0.133. The van der Waals surface area contributed by atoms with E-state index in [4.69, 9.17) is 0 Å². The van der Waals surface area contributed by atoms with Gasteiger partial charge in [0.2, 0.25) is 0 Å². The highest BCUT2D eigenvalue weighted by molar-refractivity contribution is 7.94. The third kappa shape index (κ3) is 2.58. The molecule has 0 bridgehead atoms. The zero-order valence-electron chi connectivity index (χ0n) is 10.6. The number of rotatable bonds is 2. The first-order valence-electron chi connectivity index (χ1n) is 6.24. The Hall–Kier alpha value is -2.14. The van der Waals surface area contributed by atoms with Crippen LogP contribution in [0.2, 0.25) is 0 Å². The maximum Gasteiger partial charge on any atom is 0.251 e. The van der Waals surface area contributed by atoms with Crippen LogP contribution in [-0.4, -0.2) is 26.1 Å². The summed E-state index contributed by atoms with van der Waals surface area (Å²) in [5.74, 6) is -0.325. The van der Waals surface area contributed by atoms with Crippen molar-refractivity contribution in [3.05, 3.63) is 59.5 Å². The first-order chi connectivity index (χ1) is 9.53. The van der Waals surface area contributed by atoms with Gasteiger partial charge in [-0.3, -0.25) is 4.79 Å². The van der Waals surface area contributed by atoms with Crippen LogP contribution < -0.4 is 5.32 Å². The predicted molar refractivity (Wildman–Crippen MR) is 78.1 cm³/mol. The van der Waals surface area contributed by atoms with Crippen LogP contribution in [-0.2, 0) is 9.84 Å². The molecular weight excluding hydrogens is 274 g/mol. The summed E-state index contributed by atoms with van der Waals surface area (Å²) in [4.78, 5) is 12.1. The van der Waals surface area contributed by atoms with Crippen molar-refractivity contribution >= 4 is 26.5 Å². The lowest BCUT2D eigenvalue weighted by atomic mass is 10.1. The number of carbonyl (C=O) groups excluding carboxylic acids is 1. The lowest BCUT2D eigenvalue weighted by molar-refractivity contribution is 0.0948. The van der Waals surface area contributed by atoms with Crippen molar-refractivity contribution in [2.75, 3.05) is 5.75 Å². The van der Waals surface area contributed by atoms with Gasteiger partial charge in [0, 0.05) is 11.0 Å². The molecule has 1 atom stereocenters. The van der Waals surface area contributed by atoms with E-state index in [1.54, 1.807) is 12.1 Å². The second-order valence-electron chi connectivity index (χ2n) is 4.80. The van der Waals surface area contributed by atoms with Gasteiger partial charge in [0.1, 0.15) is 0 Å². The zero-order valence-corrected chi connectivity index (χ0v) is 11.4. The van der Waals surface area contributed by atoms with Gasteiger partial charge in [0.15, 0.2) is 9.84 Å². The Morgan fingerprint density at radius 3 is 2.55 bits per heavy atom. The van der Waals surface area contributed by atoms with Gasteiger partial charge < -0.3 is 5.32 Å². The van der Waals surface area contributed by atoms with Crippen molar-refractivity contribution < 1.29 is 13.2 Å². The number of hydrogen-bond donors (Lipinski definition) is 1. The van der Waals surface area contributed by atoms with E-state index in [-0.39, 0.29) is 11.7 Å². The second-order valence-corrected chi connectivity index (χ2v) is 6.73. The number of sulfone groups is 1. The highest BCUT2D eigenvalue weighted by Gasteiger charge is 2.23. The maximum absolute atomic E-state index is 12.1. The normalized spacial score (nSPS) is 20.1. The van der Waals surface area contributed by atoms with Crippen LogP contribution in [0.25, 0.3) is 10.8 Å². The molecule has 0 fully saturated rings. The molecule has 1 heterocycles. The van der Waals surface area contributed by atoms with Crippen LogP contribution >= 0.6 is 0 Å². The average Bonchev–Trinajstić information content (AvgIpc) is 2.77. The van der Waals surface area contributed by atoms with E-state index in [1.165, 1.54) is 6.08 Å². The largest absolute Gasteiger partial charge is 0.345 e. The highest BCUT2D eigenvalue weighted by Crippen LogP contribution is 2.16. The highest BCUT2D eigenvalue weighted by atomic mass is 32.2. The van der Waals surface area contributed by atoms with E-state index >= 15 is 0 Å². The van der Waals surface area contributed by atoms with Gasteiger partial charge in [-0.15, -0.1) is 0 Å². The van der Waals surface area contributed by atoms with Gasteiger partial charge in [0.05, 0.1) is 11.8 Å². The van der Waals surface area contributed by atoms with Crippen LogP contribution in [0.1, 0.15) is 10.4 Å². The topological polar surface area (TPSA) is 63.2 Å². The molecule has 1 N–H and O–H groups in total. The van der Waals surface area contributed by atoms with Gasteiger partial charge in [-0.2, -0.15) is 0 Å². The average molecular weight is 287 g/mol. The maximum atomic E-state index is 12.1. The third-order valence-electron chi connectivity index (χ3n) is 3.26. The number of benzene rings is 2. The number of hydrogen-bond acceptors (Lipinski definition) is 3. The molecule has 2 aromatic rings. The van der Waals surface area contributed by atoms with E-state index in [0.717, 1.165) is 16.2 Å². The molecule has 0 saturated heterocycles. The van der Waals surface area contributed by atoms with Crippen molar-refractivity contribution in [3.63, 3.8) is 0 Å². The number of carbonyl (C=O) groups is 1. The summed E-state index contributed by atoms with van der Waals surface area (Å²) in [5, 5.41) is 5.91. The van der Waals surface area contributed by atoms with Crippen molar-refractivity contribution in [2.45, 2.75) is 6.04 Å². The van der Waals surface area contributed by atoms with Crippen LogP contribution in [0.4, 0.5) is 0 Å². The van der Waals surface area contributed by atoms with Crippen molar-refractivity contribution in [1.82, 2.24) is 5.32 Å². The number of nitrogens with one attached hydrogen (secondary N) is 1. The van der Waals surface area contributed by atoms with Gasteiger partial charge >= 0.3 is 0 Å². The molecule has 0 aliphatic carbocycles. The minimum absolute atomic E-state index is 0.0632. The molecule has 1 aliphatic rings.